The van der Waals surface area contributed by atoms with E-state index in [2.05, 4.69) is 21.2 Å². The number of carbonyl (C=O) groups is 3. The van der Waals surface area contributed by atoms with Crippen molar-refractivity contribution in [3.05, 3.63) is 28.2 Å². The number of benzene rings is 1. The van der Waals surface area contributed by atoms with Crippen LogP contribution < -0.4 is 11.1 Å². The van der Waals surface area contributed by atoms with Crippen LogP contribution in [0.1, 0.15) is 24.2 Å². The molecule has 0 radical (unpaired) electrons. The summed E-state index contributed by atoms with van der Waals surface area (Å²) in [6.45, 7) is 3.20. The number of nitrogens with zero attached hydrogens (tertiary/aromatic N) is 1. The summed E-state index contributed by atoms with van der Waals surface area (Å²) in [7, 11) is 0. The second kappa shape index (κ2) is 7.07. The molecule has 0 heterocycles. The molecule has 0 bridgehead atoms. The summed E-state index contributed by atoms with van der Waals surface area (Å²) < 4.78 is 0.579. The lowest BCUT2D eigenvalue weighted by Gasteiger charge is -2.25. The first-order valence-electron chi connectivity index (χ1n) is 6.11. The number of carboxylic acids is 1. The maximum atomic E-state index is 12.2. The lowest BCUT2D eigenvalue weighted by Crippen LogP contribution is -2.45. The first-order valence-corrected chi connectivity index (χ1v) is 6.90. The van der Waals surface area contributed by atoms with Crippen LogP contribution in [0.5, 0.6) is 0 Å². The van der Waals surface area contributed by atoms with Gasteiger partial charge >= 0.3 is 12.0 Å². The van der Waals surface area contributed by atoms with Gasteiger partial charge in [0.1, 0.15) is 6.54 Å². The molecular weight excluding hydrogens is 342 g/mol. The Kier molecular flexibility index (Phi) is 5.71. The van der Waals surface area contributed by atoms with Gasteiger partial charge in [0.15, 0.2) is 0 Å². The van der Waals surface area contributed by atoms with Crippen molar-refractivity contribution in [2.45, 2.75) is 19.9 Å². The van der Waals surface area contributed by atoms with Gasteiger partial charge in [0.2, 0.25) is 5.91 Å². The van der Waals surface area contributed by atoms with E-state index in [0.29, 0.717) is 4.47 Å². The van der Waals surface area contributed by atoms with E-state index in [1.807, 2.05) is 0 Å². The Bertz CT molecular complexity index is 575. The highest BCUT2D eigenvalue weighted by Crippen LogP contribution is 2.21. The average molecular weight is 358 g/mol. The number of anilines is 1. The number of rotatable bonds is 5. The van der Waals surface area contributed by atoms with Gasteiger partial charge in [-0.3, -0.25) is 4.79 Å². The summed E-state index contributed by atoms with van der Waals surface area (Å²) in [5, 5.41) is 11.6. The van der Waals surface area contributed by atoms with Gasteiger partial charge in [-0.1, -0.05) is 15.9 Å². The largest absolute Gasteiger partial charge is 0.478 e. The Morgan fingerprint density at radius 2 is 2.00 bits per heavy atom. The number of carbonyl (C=O) groups excluding carboxylic acids is 2. The van der Waals surface area contributed by atoms with E-state index in [9.17, 15) is 14.4 Å². The quantitative estimate of drug-likeness (QED) is 0.746. The van der Waals surface area contributed by atoms with Crippen LogP contribution >= 0.6 is 15.9 Å². The molecule has 0 aliphatic carbocycles. The zero-order chi connectivity index (χ0) is 16.2. The molecular formula is C13H16BrN3O4. The van der Waals surface area contributed by atoms with Gasteiger partial charge in [-0.25, -0.2) is 9.59 Å². The molecule has 0 unspecified atom stereocenters. The van der Waals surface area contributed by atoms with Crippen LogP contribution in [0.4, 0.5) is 10.5 Å². The SMILES string of the molecule is CC(C)N(CC(N)=O)C(=O)Nc1ccc(Br)cc1C(=O)O. The zero-order valence-electron chi connectivity index (χ0n) is 11.6. The molecule has 0 aromatic heterocycles. The maximum absolute atomic E-state index is 12.2. The number of hydrogen-bond donors (Lipinski definition) is 3. The molecule has 0 aliphatic heterocycles. The molecule has 114 valence electrons. The number of hydrogen-bond acceptors (Lipinski definition) is 3. The smallest absolute Gasteiger partial charge is 0.337 e. The molecule has 0 aliphatic rings. The van der Waals surface area contributed by atoms with E-state index in [0.717, 1.165) is 0 Å². The third kappa shape index (κ3) is 4.75. The third-order valence-corrected chi connectivity index (χ3v) is 3.16. The predicted molar refractivity (Wildman–Crippen MR) is 81.2 cm³/mol. The molecule has 4 N–H and O–H groups in total. The van der Waals surface area contributed by atoms with Crippen molar-refractivity contribution in [2.75, 3.05) is 11.9 Å². The van der Waals surface area contributed by atoms with Crippen molar-refractivity contribution in [1.82, 2.24) is 4.90 Å². The van der Waals surface area contributed by atoms with E-state index in [1.165, 1.54) is 17.0 Å². The van der Waals surface area contributed by atoms with E-state index < -0.39 is 17.9 Å². The number of nitrogens with one attached hydrogen (secondary N) is 1. The molecule has 8 heteroatoms. The first-order chi connectivity index (χ1) is 9.72. The number of nitrogens with two attached hydrogens (primary N) is 1. The fourth-order valence-electron chi connectivity index (χ4n) is 1.65. The summed E-state index contributed by atoms with van der Waals surface area (Å²) in [6.07, 6.45) is 0. The van der Waals surface area contributed by atoms with Gasteiger partial charge in [0, 0.05) is 10.5 Å². The summed E-state index contributed by atoms with van der Waals surface area (Å²) in [6, 6.07) is 3.60. The fourth-order valence-corrected chi connectivity index (χ4v) is 2.01. The molecule has 0 saturated heterocycles. The summed E-state index contributed by atoms with van der Waals surface area (Å²) in [5.74, 6) is -1.81. The Labute approximate surface area is 130 Å². The molecule has 21 heavy (non-hydrogen) atoms. The minimum Gasteiger partial charge on any atom is -0.478 e. The monoisotopic (exact) mass is 357 g/mol. The zero-order valence-corrected chi connectivity index (χ0v) is 13.2. The van der Waals surface area contributed by atoms with Crippen LogP contribution in [0.25, 0.3) is 0 Å². The van der Waals surface area contributed by atoms with Crippen LogP contribution in [-0.4, -0.2) is 40.5 Å². The van der Waals surface area contributed by atoms with Gasteiger partial charge in [-0.15, -0.1) is 0 Å². The van der Waals surface area contributed by atoms with Crippen LogP contribution in [0.3, 0.4) is 0 Å². The fraction of sp³-hybridized carbons (Fsp3) is 0.308. The second-order valence-corrected chi connectivity index (χ2v) is 5.53. The van der Waals surface area contributed by atoms with E-state index >= 15 is 0 Å². The van der Waals surface area contributed by atoms with Crippen molar-refractivity contribution >= 4 is 39.5 Å². The average Bonchev–Trinajstić information content (AvgIpc) is 2.37. The highest BCUT2D eigenvalue weighted by molar-refractivity contribution is 9.10. The first kappa shape index (κ1) is 17.0. The Morgan fingerprint density at radius 3 is 2.48 bits per heavy atom. The molecule has 1 aromatic rings. The van der Waals surface area contributed by atoms with Crippen molar-refractivity contribution in [2.24, 2.45) is 5.73 Å². The summed E-state index contributed by atoms with van der Waals surface area (Å²) in [4.78, 5) is 35.5. The van der Waals surface area contributed by atoms with Crippen LogP contribution in [0.2, 0.25) is 0 Å². The van der Waals surface area contributed by atoms with Crippen molar-refractivity contribution in [1.29, 1.82) is 0 Å². The van der Waals surface area contributed by atoms with Crippen LogP contribution in [-0.2, 0) is 4.79 Å². The van der Waals surface area contributed by atoms with E-state index in [-0.39, 0.29) is 23.8 Å². The number of urea groups is 1. The molecule has 0 fully saturated rings. The molecule has 1 aromatic carbocycles. The standard InChI is InChI=1S/C13H16BrN3O4/c1-7(2)17(6-11(15)18)13(21)16-10-4-3-8(14)5-9(10)12(19)20/h3-5,7H,6H2,1-2H3,(H2,15,18)(H,16,21)(H,19,20). The Hall–Kier alpha value is -2.09. The van der Waals surface area contributed by atoms with Gasteiger partial charge in [0.25, 0.3) is 0 Å². The number of carboxylic acid groups (broad SMARTS) is 1. The minimum atomic E-state index is -1.17. The van der Waals surface area contributed by atoms with Crippen molar-refractivity contribution in [3.63, 3.8) is 0 Å². The number of aromatic carboxylic acids is 1. The van der Waals surface area contributed by atoms with E-state index in [1.54, 1.807) is 19.9 Å². The summed E-state index contributed by atoms with van der Waals surface area (Å²) in [5.41, 5.74) is 5.19. The molecule has 1 rings (SSSR count). The van der Waals surface area contributed by atoms with E-state index in [4.69, 9.17) is 10.8 Å². The molecule has 3 amide bonds. The lowest BCUT2D eigenvalue weighted by atomic mass is 10.2. The molecule has 7 nitrogen and oxygen atoms in total. The van der Waals surface area contributed by atoms with Gasteiger partial charge in [0.05, 0.1) is 11.3 Å². The minimum absolute atomic E-state index is 0.0551. The molecule has 0 atom stereocenters. The van der Waals surface area contributed by atoms with Gasteiger partial charge < -0.3 is 21.1 Å². The van der Waals surface area contributed by atoms with Crippen LogP contribution in [0.15, 0.2) is 22.7 Å². The normalized spacial score (nSPS) is 10.3. The molecule has 0 spiro atoms. The Balaban J connectivity index is 3.01. The maximum Gasteiger partial charge on any atom is 0.337 e. The molecule has 0 saturated carbocycles. The third-order valence-electron chi connectivity index (χ3n) is 2.66. The highest BCUT2D eigenvalue weighted by atomic mass is 79.9. The lowest BCUT2D eigenvalue weighted by molar-refractivity contribution is -0.118. The highest BCUT2D eigenvalue weighted by Gasteiger charge is 2.21. The second-order valence-electron chi connectivity index (χ2n) is 4.61. The van der Waals surface area contributed by atoms with Crippen molar-refractivity contribution in [3.8, 4) is 0 Å². The van der Waals surface area contributed by atoms with Crippen LogP contribution in [0, 0.1) is 0 Å². The topological polar surface area (TPSA) is 113 Å². The number of halogens is 1. The Morgan fingerprint density at radius 1 is 1.38 bits per heavy atom. The number of amides is 3. The van der Waals surface area contributed by atoms with Gasteiger partial charge in [-0.2, -0.15) is 0 Å². The summed E-state index contributed by atoms with van der Waals surface area (Å²) >= 11 is 3.17. The number of primary amides is 1. The predicted octanol–water partition coefficient (Wildman–Crippen LogP) is 1.87. The van der Waals surface area contributed by atoms with Gasteiger partial charge in [-0.05, 0) is 32.0 Å². The van der Waals surface area contributed by atoms with Crippen molar-refractivity contribution < 1.29 is 19.5 Å².